The average Bonchev–Trinajstić information content (AvgIpc) is 2.41. The van der Waals surface area contributed by atoms with Crippen LogP contribution in [-0.4, -0.2) is 30.6 Å². The lowest BCUT2D eigenvalue weighted by Crippen LogP contribution is -2.45. The van der Waals surface area contributed by atoms with Gasteiger partial charge in [0.05, 0.1) is 0 Å². The van der Waals surface area contributed by atoms with Crippen LogP contribution in [0.3, 0.4) is 0 Å². The van der Waals surface area contributed by atoms with Crippen LogP contribution in [0, 0.1) is 11.6 Å². The molecule has 4 heteroatoms. The third-order valence-corrected chi connectivity index (χ3v) is 3.56. The van der Waals surface area contributed by atoms with Crippen LogP contribution in [0.15, 0.2) is 18.2 Å². The maximum absolute atomic E-state index is 13.2. The second-order valence-electron chi connectivity index (χ2n) is 4.81. The van der Waals surface area contributed by atoms with E-state index in [1.165, 1.54) is 25.0 Å². The molecule has 0 spiro atoms. The van der Waals surface area contributed by atoms with Gasteiger partial charge in [-0.25, -0.2) is 8.78 Å². The fourth-order valence-electron chi connectivity index (χ4n) is 2.52. The van der Waals surface area contributed by atoms with Crippen LogP contribution in [0.1, 0.15) is 25.3 Å². The van der Waals surface area contributed by atoms with Gasteiger partial charge in [-0.1, -0.05) is 13.0 Å². The Morgan fingerprint density at radius 2 is 2.17 bits per heavy atom. The minimum absolute atomic E-state index is 0.497. The lowest BCUT2D eigenvalue weighted by Gasteiger charge is -2.34. The molecular weight excluding hydrogens is 234 g/mol. The molecule has 1 aromatic carbocycles. The smallest absolute Gasteiger partial charge is 0.159 e. The number of nitrogens with zero attached hydrogens (tertiary/aromatic N) is 1. The lowest BCUT2D eigenvalue weighted by molar-refractivity contribution is 0.166. The molecule has 1 atom stereocenters. The largest absolute Gasteiger partial charge is 0.315 e. The van der Waals surface area contributed by atoms with E-state index in [0.29, 0.717) is 12.6 Å². The number of likely N-dealkylation sites (N-methyl/N-ethyl adjacent to an activating group) is 1. The molecule has 1 aliphatic rings. The first-order chi connectivity index (χ1) is 8.70. The van der Waals surface area contributed by atoms with Gasteiger partial charge in [0.2, 0.25) is 0 Å². The van der Waals surface area contributed by atoms with E-state index in [0.717, 1.165) is 25.2 Å². The predicted molar refractivity (Wildman–Crippen MR) is 68.3 cm³/mol. The normalized spacial score (nSPS) is 20.3. The first-order valence-electron chi connectivity index (χ1n) is 6.59. The van der Waals surface area contributed by atoms with Crippen LogP contribution in [0.5, 0.6) is 0 Å². The molecule has 100 valence electrons. The van der Waals surface area contributed by atoms with Crippen LogP contribution in [0.4, 0.5) is 8.78 Å². The molecule has 1 unspecified atom stereocenters. The minimum atomic E-state index is -0.777. The highest BCUT2D eigenvalue weighted by Crippen LogP contribution is 2.16. The Hall–Kier alpha value is -1.00. The molecule has 1 N–H and O–H groups in total. The summed E-state index contributed by atoms with van der Waals surface area (Å²) in [4.78, 5) is 2.32. The molecule has 1 saturated heterocycles. The minimum Gasteiger partial charge on any atom is -0.315 e. The highest BCUT2D eigenvalue weighted by atomic mass is 19.2. The Morgan fingerprint density at radius 1 is 1.33 bits per heavy atom. The van der Waals surface area contributed by atoms with Gasteiger partial charge >= 0.3 is 0 Å². The fraction of sp³-hybridized carbons (Fsp3) is 0.571. The molecule has 0 aromatic heterocycles. The number of hydrogen-bond donors (Lipinski definition) is 1. The van der Waals surface area contributed by atoms with Gasteiger partial charge in [0, 0.05) is 19.1 Å². The van der Waals surface area contributed by atoms with E-state index in [1.807, 2.05) is 0 Å². The summed E-state index contributed by atoms with van der Waals surface area (Å²) in [7, 11) is 0. The van der Waals surface area contributed by atoms with Gasteiger partial charge in [0.15, 0.2) is 11.6 Å². The van der Waals surface area contributed by atoms with Crippen LogP contribution in [0.2, 0.25) is 0 Å². The molecule has 1 aromatic rings. The standard InChI is InChI=1S/C14H20F2N2/c1-2-18(12-4-3-7-17-9-12)10-11-5-6-13(15)14(16)8-11/h5-6,8,12,17H,2-4,7,9-10H2,1H3. The van der Waals surface area contributed by atoms with E-state index in [9.17, 15) is 8.78 Å². The third kappa shape index (κ3) is 3.27. The highest BCUT2D eigenvalue weighted by Gasteiger charge is 2.19. The van der Waals surface area contributed by atoms with Gasteiger partial charge in [-0.3, -0.25) is 4.90 Å². The van der Waals surface area contributed by atoms with E-state index in [1.54, 1.807) is 6.07 Å². The zero-order chi connectivity index (χ0) is 13.0. The molecular formula is C14H20F2N2. The topological polar surface area (TPSA) is 15.3 Å². The number of rotatable bonds is 4. The van der Waals surface area contributed by atoms with Crippen molar-refractivity contribution in [2.24, 2.45) is 0 Å². The Balaban J connectivity index is 2.02. The molecule has 0 bridgehead atoms. The highest BCUT2D eigenvalue weighted by molar-refractivity contribution is 5.17. The van der Waals surface area contributed by atoms with Crippen molar-refractivity contribution in [3.8, 4) is 0 Å². The monoisotopic (exact) mass is 254 g/mol. The summed E-state index contributed by atoms with van der Waals surface area (Å²) in [6.45, 7) is 5.77. The van der Waals surface area contributed by atoms with Gasteiger partial charge in [0.1, 0.15) is 0 Å². The van der Waals surface area contributed by atoms with E-state index in [-0.39, 0.29) is 0 Å². The van der Waals surface area contributed by atoms with Crippen molar-refractivity contribution in [1.29, 1.82) is 0 Å². The van der Waals surface area contributed by atoms with E-state index in [2.05, 4.69) is 17.1 Å². The quantitative estimate of drug-likeness (QED) is 0.888. The van der Waals surface area contributed by atoms with Crippen molar-refractivity contribution in [2.75, 3.05) is 19.6 Å². The number of hydrogen-bond acceptors (Lipinski definition) is 2. The third-order valence-electron chi connectivity index (χ3n) is 3.56. The lowest BCUT2D eigenvalue weighted by atomic mass is 10.0. The number of benzene rings is 1. The molecule has 2 rings (SSSR count). The Bertz CT molecular complexity index is 389. The number of halogens is 2. The van der Waals surface area contributed by atoms with Gasteiger partial charge in [-0.05, 0) is 43.6 Å². The first-order valence-corrected chi connectivity index (χ1v) is 6.59. The summed E-state index contributed by atoms with van der Waals surface area (Å²) in [5.41, 5.74) is 0.835. The molecule has 1 fully saturated rings. The number of piperidine rings is 1. The zero-order valence-electron chi connectivity index (χ0n) is 10.8. The summed E-state index contributed by atoms with van der Waals surface area (Å²) >= 11 is 0. The van der Waals surface area contributed by atoms with Crippen LogP contribution in [-0.2, 0) is 6.54 Å². The van der Waals surface area contributed by atoms with Crippen molar-refractivity contribution in [3.05, 3.63) is 35.4 Å². The van der Waals surface area contributed by atoms with Crippen LogP contribution < -0.4 is 5.32 Å². The molecule has 0 aliphatic carbocycles. The molecule has 18 heavy (non-hydrogen) atoms. The van der Waals surface area contributed by atoms with Crippen LogP contribution >= 0.6 is 0 Å². The first kappa shape index (κ1) is 13.4. The van der Waals surface area contributed by atoms with Gasteiger partial charge in [0.25, 0.3) is 0 Å². The summed E-state index contributed by atoms with van der Waals surface area (Å²) in [5, 5.41) is 3.38. The van der Waals surface area contributed by atoms with E-state index >= 15 is 0 Å². The van der Waals surface area contributed by atoms with Gasteiger partial charge in [-0.2, -0.15) is 0 Å². The Kier molecular flexibility index (Phi) is 4.66. The summed E-state index contributed by atoms with van der Waals surface area (Å²) < 4.78 is 26.0. The van der Waals surface area contributed by atoms with Gasteiger partial charge < -0.3 is 5.32 Å². The molecule has 0 radical (unpaired) electrons. The van der Waals surface area contributed by atoms with E-state index < -0.39 is 11.6 Å². The van der Waals surface area contributed by atoms with Crippen molar-refractivity contribution in [3.63, 3.8) is 0 Å². The van der Waals surface area contributed by atoms with E-state index in [4.69, 9.17) is 0 Å². The molecule has 0 saturated carbocycles. The van der Waals surface area contributed by atoms with Crippen molar-refractivity contribution in [1.82, 2.24) is 10.2 Å². The summed E-state index contributed by atoms with van der Waals surface area (Å²) in [5.74, 6) is -1.54. The average molecular weight is 254 g/mol. The molecule has 0 amide bonds. The summed E-state index contributed by atoms with van der Waals surface area (Å²) in [6.07, 6.45) is 2.35. The number of nitrogens with one attached hydrogen (secondary N) is 1. The van der Waals surface area contributed by atoms with Crippen molar-refractivity contribution >= 4 is 0 Å². The Morgan fingerprint density at radius 3 is 2.78 bits per heavy atom. The Labute approximate surface area is 107 Å². The molecule has 1 aliphatic heterocycles. The zero-order valence-corrected chi connectivity index (χ0v) is 10.8. The predicted octanol–water partition coefficient (Wildman–Crippen LogP) is 2.54. The second-order valence-corrected chi connectivity index (χ2v) is 4.81. The molecule has 1 heterocycles. The summed E-state index contributed by atoms with van der Waals surface area (Å²) in [6, 6.07) is 4.67. The fourth-order valence-corrected chi connectivity index (χ4v) is 2.52. The maximum Gasteiger partial charge on any atom is 0.159 e. The van der Waals surface area contributed by atoms with Crippen LogP contribution in [0.25, 0.3) is 0 Å². The second kappa shape index (κ2) is 6.25. The van der Waals surface area contributed by atoms with Gasteiger partial charge in [-0.15, -0.1) is 0 Å². The van der Waals surface area contributed by atoms with Crippen molar-refractivity contribution < 1.29 is 8.78 Å². The SMILES string of the molecule is CCN(Cc1ccc(F)c(F)c1)C1CCCNC1. The van der Waals surface area contributed by atoms with Crippen molar-refractivity contribution in [2.45, 2.75) is 32.4 Å². The maximum atomic E-state index is 13.2. The molecule has 2 nitrogen and oxygen atoms in total.